The minimum absolute atomic E-state index is 0.0139. The third-order valence-corrected chi connectivity index (χ3v) is 1.77. The van der Waals surface area contributed by atoms with Crippen molar-refractivity contribution in [3.8, 4) is 0 Å². The van der Waals surface area contributed by atoms with Crippen molar-refractivity contribution in [2.24, 2.45) is 0 Å². The van der Waals surface area contributed by atoms with Gasteiger partial charge in [-0.15, -0.1) is 0 Å². The van der Waals surface area contributed by atoms with E-state index in [2.05, 4.69) is 22.9 Å². The highest BCUT2D eigenvalue weighted by atomic mass is 79.9. The van der Waals surface area contributed by atoms with Crippen LogP contribution in [0.5, 0.6) is 0 Å². The summed E-state index contributed by atoms with van der Waals surface area (Å²) in [7, 11) is 0. The largest absolute Gasteiger partial charge is 0.236 e. The van der Waals surface area contributed by atoms with Crippen LogP contribution in [0.4, 0.5) is 0 Å². The van der Waals surface area contributed by atoms with Gasteiger partial charge in [-0.05, 0) is 6.42 Å². The highest BCUT2D eigenvalue weighted by Gasteiger charge is 1.99. The number of hydrogen-bond acceptors (Lipinski definition) is 0. The van der Waals surface area contributed by atoms with Gasteiger partial charge in [-0.3, -0.25) is 0 Å². The highest BCUT2D eigenvalue weighted by Crippen LogP contribution is 2.07. The van der Waals surface area contributed by atoms with E-state index in [1.807, 2.05) is 0 Å². The van der Waals surface area contributed by atoms with Crippen LogP contribution in [0.15, 0.2) is 0 Å². The van der Waals surface area contributed by atoms with Crippen LogP contribution >= 0.6 is 15.9 Å². The molecule has 0 aromatic carbocycles. The molecule has 0 aliphatic carbocycles. The van der Waals surface area contributed by atoms with Crippen LogP contribution in [-0.2, 0) is 5.11 Å². The average Bonchev–Trinajstić information content (AvgIpc) is 1.83. The Balaban J connectivity index is 2.86. The average molecular weight is 180 g/mol. The smallest absolute Gasteiger partial charge is 0.0947 e. The van der Waals surface area contributed by atoms with E-state index in [9.17, 15) is 5.11 Å². The van der Waals surface area contributed by atoms with E-state index in [0.29, 0.717) is 0 Å². The van der Waals surface area contributed by atoms with Gasteiger partial charge in [0.05, 0.1) is 6.61 Å². The van der Waals surface area contributed by atoms with E-state index in [1.165, 1.54) is 6.42 Å². The lowest BCUT2D eigenvalue weighted by Gasteiger charge is -2.00. The third kappa shape index (κ3) is 4.60. The van der Waals surface area contributed by atoms with Crippen LogP contribution in [0.25, 0.3) is 0 Å². The van der Waals surface area contributed by atoms with Crippen molar-refractivity contribution >= 4 is 15.9 Å². The van der Waals surface area contributed by atoms with Gasteiger partial charge < -0.3 is 0 Å². The van der Waals surface area contributed by atoms with Gasteiger partial charge in [0.15, 0.2) is 0 Å². The molecular weight excluding hydrogens is 168 g/mol. The van der Waals surface area contributed by atoms with Crippen molar-refractivity contribution < 1.29 is 5.11 Å². The number of halogens is 1. The zero-order chi connectivity index (χ0) is 6.41. The maximum atomic E-state index is 10.1. The van der Waals surface area contributed by atoms with E-state index < -0.39 is 0 Å². The Morgan fingerprint density at radius 2 is 2.25 bits per heavy atom. The van der Waals surface area contributed by atoms with Gasteiger partial charge in [0, 0.05) is 4.83 Å². The Morgan fingerprint density at radius 1 is 1.62 bits per heavy atom. The molecule has 0 N–H and O–H groups in total. The maximum absolute atomic E-state index is 10.1. The van der Waals surface area contributed by atoms with Gasteiger partial charge in [-0.25, -0.2) is 5.11 Å². The van der Waals surface area contributed by atoms with Crippen LogP contribution in [0, 0.1) is 0 Å². The van der Waals surface area contributed by atoms with Crippen molar-refractivity contribution in [2.75, 3.05) is 6.61 Å². The second-order valence-electron chi connectivity index (χ2n) is 1.91. The van der Waals surface area contributed by atoms with E-state index >= 15 is 0 Å². The molecule has 0 rings (SSSR count). The molecule has 0 bridgehead atoms. The normalized spacial score (nSPS) is 13.9. The van der Waals surface area contributed by atoms with Crippen LogP contribution in [0.3, 0.4) is 0 Å². The SMILES string of the molecule is CCCCC(Br)C[O]. The third-order valence-electron chi connectivity index (χ3n) is 1.05. The molecular formula is C6H12BrO. The molecule has 1 radical (unpaired) electrons. The fourth-order valence-electron chi connectivity index (χ4n) is 0.509. The molecule has 8 heavy (non-hydrogen) atoms. The lowest BCUT2D eigenvalue weighted by atomic mass is 10.2. The number of unbranched alkanes of at least 4 members (excludes halogenated alkanes) is 1. The van der Waals surface area contributed by atoms with Crippen molar-refractivity contribution in [2.45, 2.75) is 31.0 Å². The molecule has 0 heterocycles. The Morgan fingerprint density at radius 3 is 2.62 bits per heavy atom. The van der Waals surface area contributed by atoms with Crippen molar-refractivity contribution in [1.29, 1.82) is 0 Å². The summed E-state index contributed by atoms with van der Waals surface area (Å²) in [6.45, 7) is 2.14. The van der Waals surface area contributed by atoms with Gasteiger partial charge in [0.25, 0.3) is 0 Å². The summed E-state index contributed by atoms with van der Waals surface area (Å²) < 4.78 is 0. The Bertz CT molecular complexity index is 47.8. The van der Waals surface area contributed by atoms with E-state index in [0.717, 1.165) is 12.8 Å². The van der Waals surface area contributed by atoms with Crippen molar-refractivity contribution in [1.82, 2.24) is 0 Å². The summed E-state index contributed by atoms with van der Waals surface area (Å²) in [6.07, 6.45) is 3.38. The fourth-order valence-corrected chi connectivity index (χ4v) is 0.833. The highest BCUT2D eigenvalue weighted by molar-refractivity contribution is 9.09. The molecule has 1 atom stereocenters. The van der Waals surface area contributed by atoms with Crippen LogP contribution in [0.2, 0.25) is 0 Å². The predicted molar refractivity (Wildman–Crippen MR) is 37.8 cm³/mol. The van der Waals surface area contributed by atoms with Crippen LogP contribution < -0.4 is 0 Å². The molecule has 2 heteroatoms. The second-order valence-corrected chi connectivity index (χ2v) is 3.20. The van der Waals surface area contributed by atoms with Gasteiger partial charge in [-0.2, -0.15) is 0 Å². The van der Waals surface area contributed by atoms with Crippen LogP contribution in [0.1, 0.15) is 26.2 Å². The minimum atomic E-state index is 0.0139. The first-order chi connectivity index (χ1) is 3.81. The number of hydrogen-bond donors (Lipinski definition) is 0. The first-order valence-electron chi connectivity index (χ1n) is 3.03. The second kappa shape index (κ2) is 5.57. The zero-order valence-electron chi connectivity index (χ0n) is 5.19. The van der Waals surface area contributed by atoms with Crippen molar-refractivity contribution in [3.05, 3.63) is 0 Å². The molecule has 0 aliphatic heterocycles. The van der Waals surface area contributed by atoms with Crippen LogP contribution in [-0.4, -0.2) is 11.4 Å². The minimum Gasteiger partial charge on any atom is -0.236 e. The summed E-state index contributed by atoms with van der Waals surface area (Å²) in [6, 6.07) is 0. The summed E-state index contributed by atoms with van der Waals surface area (Å²) >= 11 is 3.27. The van der Waals surface area contributed by atoms with Gasteiger partial charge in [0.1, 0.15) is 0 Å². The Kier molecular flexibility index (Phi) is 5.88. The van der Waals surface area contributed by atoms with Gasteiger partial charge >= 0.3 is 0 Å². The first-order valence-corrected chi connectivity index (χ1v) is 3.95. The molecule has 0 fully saturated rings. The maximum Gasteiger partial charge on any atom is 0.0947 e. The lowest BCUT2D eigenvalue weighted by Crippen LogP contribution is -2.00. The molecule has 0 aliphatic rings. The molecule has 0 saturated carbocycles. The molecule has 0 amide bonds. The monoisotopic (exact) mass is 179 g/mol. The Labute approximate surface area is 59.2 Å². The van der Waals surface area contributed by atoms with Gasteiger partial charge in [0.2, 0.25) is 0 Å². The lowest BCUT2D eigenvalue weighted by molar-refractivity contribution is 0.192. The molecule has 0 aromatic heterocycles. The van der Waals surface area contributed by atoms with E-state index in [1.54, 1.807) is 0 Å². The summed E-state index contributed by atoms with van der Waals surface area (Å²) in [5.74, 6) is 0. The quantitative estimate of drug-likeness (QED) is 0.592. The fraction of sp³-hybridized carbons (Fsp3) is 1.00. The molecule has 1 unspecified atom stereocenters. The summed E-state index contributed by atoms with van der Waals surface area (Å²) in [5, 5.41) is 10.1. The zero-order valence-corrected chi connectivity index (χ0v) is 6.78. The van der Waals surface area contributed by atoms with E-state index in [4.69, 9.17) is 0 Å². The topological polar surface area (TPSA) is 19.9 Å². The molecule has 0 aromatic rings. The van der Waals surface area contributed by atoms with E-state index in [-0.39, 0.29) is 11.4 Å². The molecule has 49 valence electrons. The molecule has 1 nitrogen and oxygen atoms in total. The molecule has 0 saturated heterocycles. The first kappa shape index (κ1) is 8.44. The predicted octanol–water partition coefficient (Wildman–Crippen LogP) is 2.37. The number of alkyl halides is 1. The standard InChI is InChI=1S/C6H12BrO/c1-2-3-4-6(7)5-8/h6H,2-5H2,1H3. The van der Waals surface area contributed by atoms with Gasteiger partial charge in [-0.1, -0.05) is 35.7 Å². The summed E-state index contributed by atoms with van der Waals surface area (Å²) in [5.41, 5.74) is 0. The van der Waals surface area contributed by atoms with Crippen molar-refractivity contribution in [3.63, 3.8) is 0 Å². The number of rotatable bonds is 4. The molecule has 0 spiro atoms. The Hall–Kier alpha value is 0.440. The summed E-state index contributed by atoms with van der Waals surface area (Å²) in [4.78, 5) is 0.211.